The first-order valence-corrected chi connectivity index (χ1v) is 12.4. The van der Waals surface area contributed by atoms with Crippen molar-refractivity contribution in [3.63, 3.8) is 0 Å². The highest BCUT2D eigenvalue weighted by molar-refractivity contribution is 9.10. The molecule has 0 saturated carbocycles. The van der Waals surface area contributed by atoms with Gasteiger partial charge in [0.2, 0.25) is 0 Å². The van der Waals surface area contributed by atoms with Crippen molar-refractivity contribution >= 4 is 33.1 Å². The highest BCUT2D eigenvalue weighted by Gasteiger charge is 2.57. The van der Waals surface area contributed by atoms with Crippen molar-refractivity contribution in [2.45, 2.75) is 38.2 Å². The van der Waals surface area contributed by atoms with Gasteiger partial charge in [-0.05, 0) is 65.6 Å². The second kappa shape index (κ2) is 11.7. The minimum absolute atomic E-state index is 0.0360. The SMILES string of the molecule is C=C(CC(OC)(c1cc(O)cc(Cl)c1)C(F)(F)F)c1ccc(CN(Cc2ccccn2)C(=C)C)c(Br)c1. The number of rotatable bonds is 10. The summed E-state index contributed by atoms with van der Waals surface area (Å²) in [6.07, 6.45) is -3.68. The lowest BCUT2D eigenvalue weighted by Crippen LogP contribution is -2.44. The Hall–Kier alpha value is -2.81. The van der Waals surface area contributed by atoms with Gasteiger partial charge in [-0.15, -0.1) is 0 Å². The van der Waals surface area contributed by atoms with Gasteiger partial charge in [-0.1, -0.05) is 58.9 Å². The van der Waals surface area contributed by atoms with Gasteiger partial charge in [0.15, 0.2) is 5.60 Å². The predicted octanol–water partition coefficient (Wildman–Crippen LogP) is 8.25. The van der Waals surface area contributed by atoms with Crippen LogP contribution in [0.4, 0.5) is 13.2 Å². The van der Waals surface area contributed by atoms with Crippen molar-refractivity contribution in [3.05, 3.63) is 112 Å². The molecule has 1 aromatic heterocycles. The average molecular weight is 596 g/mol. The molecule has 3 rings (SSSR count). The number of hydrogen-bond acceptors (Lipinski definition) is 4. The van der Waals surface area contributed by atoms with Crippen LogP contribution in [-0.2, 0) is 23.4 Å². The van der Waals surface area contributed by atoms with Gasteiger partial charge in [0, 0.05) is 41.5 Å². The third-order valence-electron chi connectivity index (χ3n) is 6.06. The number of alkyl halides is 3. The molecule has 4 nitrogen and oxygen atoms in total. The molecule has 0 aliphatic rings. The lowest BCUT2D eigenvalue weighted by atomic mass is 9.84. The van der Waals surface area contributed by atoms with Crippen LogP contribution in [0.1, 0.15) is 35.7 Å². The van der Waals surface area contributed by atoms with E-state index >= 15 is 0 Å². The van der Waals surface area contributed by atoms with Gasteiger partial charge in [0.05, 0.1) is 12.2 Å². The van der Waals surface area contributed by atoms with E-state index in [1.807, 2.05) is 31.2 Å². The highest BCUT2D eigenvalue weighted by atomic mass is 79.9. The lowest BCUT2D eigenvalue weighted by molar-refractivity contribution is -0.274. The van der Waals surface area contributed by atoms with E-state index in [-0.39, 0.29) is 16.2 Å². The fourth-order valence-electron chi connectivity index (χ4n) is 4.00. The van der Waals surface area contributed by atoms with Crippen molar-refractivity contribution in [1.82, 2.24) is 9.88 Å². The quantitative estimate of drug-likeness (QED) is 0.256. The zero-order valence-corrected chi connectivity index (χ0v) is 22.8. The fourth-order valence-corrected chi connectivity index (χ4v) is 4.73. The summed E-state index contributed by atoms with van der Waals surface area (Å²) in [7, 11) is 0.978. The molecule has 0 amide bonds. The second-order valence-corrected chi connectivity index (χ2v) is 10.0. The Bertz CT molecular complexity index is 1260. The molecule has 2 aromatic carbocycles. The Kier molecular flexibility index (Phi) is 9.10. The summed E-state index contributed by atoms with van der Waals surface area (Å²) in [4.78, 5) is 6.42. The third kappa shape index (κ3) is 6.74. The fraction of sp³-hybridized carbons (Fsp3) is 0.250. The minimum Gasteiger partial charge on any atom is -0.508 e. The van der Waals surface area contributed by atoms with Crippen LogP contribution in [0.3, 0.4) is 0 Å². The Morgan fingerprint density at radius 1 is 1.11 bits per heavy atom. The van der Waals surface area contributed by atoms with Crippen molar-refractivity contribution in [3.8, 4) is 5.75 Å². The van der Waals surface area contributed by atoms with Crippen LogP contribution < -0.4 is 0 Å². The Balaban J connectivity index is 1.88. The van der Waals surface area contributed by atoms with E-state index in [0.29, 0.717) is 23.1 Å². The van der Waals surface area contributed by atoms with Crippen molar-refractivity contribution < 1.29 is 23.0 Å². The van der Waals surface area contributed by atoms with Crippen LogP contribution in [0.25, 0.3) is 5.57 Å². The monoisotopic (exact) mass is 594 g/mol. The van der Waals surface area contributed by atoms with Gasteiger partial charge in [-0.25, -0.2) is 0 Å². The van der Waals surface area contributed by atoms with Gasteiger partial charge >= 0.3 is 6.18 Å². The summed E-state index contributed by atoms with van der Waals surface area (Å²) in [6, 6.07) is 14.3. The van der Waals surface area contributed by atoms with Crippen molar-refractivity contribution in [1.29, 1.82) is 0 Å². The van der Waals surface area contributed by atoms with Crippen LogP contribution in [-0.4, -0.2) is 28.3 Å². The van der Waals surface area contributed by atoms with E-state index in [2.05, 4.69) is 39.0 Å². The van der Waals surface area contributed by atoms with Crippen LogP contribution >= 0.6 is 27.5 Å². The average Bonchev–Trinajstić information content (AvgIpc) is 2.82. The van der Waals surface area contributed by atoms with Crippen LogP contribution in [0, 0.1) is 0 Å². The normalized spacial score (nSPS) is 13.2. The van der Waals surface area contributed by atoms with Crippen LogP contribution in [0.5, 0.6) is 5.75 Å². The Labute approximate surface area is 228 Å². The topological polar surface area (TPSA) is 45.6 Å². The van der Waals surface area contributed by atoms with E-state index in [9.17, 15) is 18.3 Å². The summed E-state index contributed by atoms with van der Waals surface area (Å²) in [5.41, 5.74) is 0.319. The van der Waals surface area contributed by atoms with Crippen LogP contribution in [0.15, 0.2) is 84.1 Å². The molecule has 37 heavy (non-hydrogen) atoms. The van der Waals surface area contributed by atoms with Gasteiger partial charge in [0.1, 0.15) is 5.75 Å². The third-order valence-corrected chi connectivity index (χ3v) is 7.02. The van der Waals surface area contributed by atoms with Gasteiger partial charge in [-0.3, -0.25) is 4.98 Å². The first-order valence-electron chi connectivity index (χ1n) is 11.2. The summed E-state index contributed by atoms with van der Waals surface area (Å²) in [5.74, 6) is -0.390. The van der Waals surface area contributed by atoms with E-state index in [1.54, 1.807) is 18.3 Å². The second-order valence-electron chi connectivity index (χ2n) is 8.73. The number of ether oxygens (including phenoxy) is 1. The maximum absolute atomic E-state index is 14.4. The summed E-state index contributed by atoms with van der Waals surface area (Å²) >= 11 is 9.51. The molecule has 1 atom stereocenters. The van der Waals surface area contributed by atoms with Gasteiger partial charge in [-0.2, -0.15) is 13.2 Å². The number of benzene rings is 2. The molecule has 1 heterocycles. The predicted molar refractivity (Wildman–Crippen MR) is 144 cm³/mol. The number of nitrogens with zero attached hydrogens (tertiary/aromatic N) is 2. The van der Waals surface area contributed by atoms with E-state index in [4.69, 9.17) is 16.3 Å². The molecular formula is C28H27BrClF3N2O2. The molecule has 3 aromatic rings. The largest absolute Gasteiger partial charge is 0.508 e. The number of halogens is 5. The number of phenols is 1. The number of aromatic hydroxyl groups is 1. The van der Waals surface area contributed by atoms with Gasteiger partial charge in [0.25, 0.3) is 0 Å². The highest BCUT2D eigenvalue weighted by Crippen LogP contribution is 2.48. The number of pyridine rings is 1. The van der Waals surface area contributed by atoms with E-state index in [1.165, 1.54) is 0 Å². The zero-order valence-electron chi connectivity index (χ0n) is 20.4. The van der Waals surface area contributed by atoms with Gasteiger partial charge < -0.3 is 14.7 Å². The number of hydrogen-bond donors (Lipinski definition) is 1. The van der Waals surface area contributed by atoms with Crippen molar-refractivity contribution in [2.75, 3.05) is 7.11 Å². The number of aromatic nitrogens is 1. The van der Waals surface area contributed by atoms with Crippen LogP contribution in [0.2, 0.25) is 5.02 Å². The first kappa shape index (κ1) is 28.8. The molecule has 0 aliphatic heterocycles. The van der Waals surface area contributed by atoms with Crippen molar-refractivity contribution in [2.24, 2.45) is 0 Å². The number of methoxy groups -OCH3 is 1. The Morgan fingerprint density at radius 2 is 1.84 bits per heavy atom. The molecule has 0 fully saturated rings. The maximum atomic E-state index is 14.4. The number of allylic oxidation sites excluding steroid dienone is 1. The summed E-state index contributed by atoms with van der Waals surface area (Å²) < 4.78 is 49.1. The molecule has 196 valence electrons. The minimum atomic E-state index is -4.81. The molecule has 9 heteroatoms. The lowest BCUT2D eigenvalue weighted by Gasteiger charge is -2.36. The molecule has 0 saturated heterocycles. The molecule has 0 aliphatic carbocycles. The molecule has 1 N–H and O–H groups in total. The van der Waals surface area contributed by atoms with E-state index < -0.39 is 23.9 Å². The maximum Gasteiger partial charge on any atom is 0.422 e. The zero-order chi connectivity index (χ0) is 27.4. The summed E-state index contributed by atoms with van der Waals surface area (Å²) in [5, 5.41) is 9.85. The smallest absolute Gasteiger partial charge is 0.422 e. The molecular weight excluding hydrogens is 569 g/mol. The molecule has 0 radical (unpaired) electrons. The number of phenolic OH excluding ortho intramolecular Hbond substituents is 1. The first-order chi connectivity index (χ1) is 17.4. The molecule has 1 unspecified atom stereocenters. The van der Waals surface area contributed by atoms with E-state index in [0.717, 1.165) is 42.3 Å². The summed E-state index contributed by atoms with van der Waals surface area (Å²) in [6.45, 7) is 11.0. The Morgan fingerprint density at radius 3 is 2.38 bits per heavy atom. The molecule has 0 spiro atoms. The molecule has 0 bridgehead atoms. The standard InChI is InChI=1S/C28H27BrClF3N2O2/c1-18(2)35(17-24-7-5-6-10-34-24)16-21-9-8-20(11-26(21)29)19(3)15-27(37-4,28(31,32)33)22-12-23(30)14-25(36)13-22/h5-14,36H,1,3,15-17H2,2,4H3.